The highest BCUT2D eigenvalue weighted by atomic mass is 32.2. The lowest BCUT2D eigenvalue weighted by Crippen LogP contribution is -2.22. The van der Waals surface area contributed by atoms with Gasteiger partial charge in [-0.3, -0.25) is 9.59 Å². The highest BCUT2D eigenvalue weighted by Gasteiger charge is 2.29. The minimum absolute atomic E-state index is 0.0713. The molecule has 0 aromatic carbocycles. The van der Waals surface area contributed by atoms with Crippen molar-refractivity contribution in [3.63, 3.8) is 0 Å². The monoisotopic (exact) mass is 370 g/mol. The lowest BCUT2D eigenvalue weighted by atomic mass is 10.1. The Bertz CT molecular complexity index is 536. The summed E-state index contributed by atoms with van der Waals surface area (Å²) in [5.74, 6) is 1.48. The summed E-state index contributed by atoms with van der Waals surface area (Å²) in [5.41, 5.74) is 0. The molecule has 1 aliphatic heterocycles. The molecule has 1 atom stereocenters. The van der Waals surface area contributed by atoms with Crippen LogP contribution in [-0.2, 0) is 4.79 Å². The Morgan fingerprint density at radius 3 is 2.48 bits per heavy atom. The maximum atomic E-state index is 12.4. The first-order valence-corrected chi connectivity index (χ1v) is 11.4. The molecule has 23 heavy (non-hydrogen) atoms. The predicted octanol–water partition coefficient (Wildman–Crippen LogP) is 6.23. The number of hydrogen-bond donors (Lipinski definition) is 0. The Kier molecular flexibility index (Phi) is 8.21. The summed E-state index contributed by atoms with van der Waals surface area (Å²) in [6.45, 7) is 4.31. The number of thioether (sulfide) groups is 2. The average molecular weight is 371 g/mol. The van der Waals surface area contributed by atoms with Crippen molar-refractivity contribution in [1.29, 1.82) is 0 Å². The Morgan fingerprint density at radius 2 is 1.78 bits per heavy atom. The van der Waals surface area contributed by atoms with E-state index in [2.05, 4.69) is 19.2 Å². The molecule has 0 bridgehead atoms. The summed E-state index contributed by atoms with van der Waals surface area (Å²) in [6, 6.07) is 0. The van der Waals surface area contributed by atoms with E-state index in [9.17, 15) is 9.59 Å². The molecule has 0 saturated carbocycles. The molecular formula is C18H26O2S3. The summed E-state index contributed by atoms with van der Waals surface area (Å²) in [5, 5.41) is 2.15. The Labute approximate surface area is 152 Å². The summed E-state index contributed by atoms with van der Waals surface area (Å²) in [4.78, 5) is 27.9. The van der Waals surface area contributed by atoms with Crippen molar-refractivity contribution in [1.82, 2.24) is 0 Å². The van der Waals surface area contributed by atoms with Gasteiger partial charge in [-0.2, -0.15) is 0 Å². The normalized spacial score (nSPS) is 17.0. The number of fused-ring (bicyclic) bond motifs is 1. The van der Waals surface area contributed by atoms with Crippen LogP contribution in [0.25, 0.3) is 0 Å². The fourth-order valence-electron chi connectivity index (χ4n) is 2.61. The molecule has 0 fully saturated rings. The number of carbonyl (C=O) groups is 2. The van der Waals surface area contributed by atoms with Gasteiger partial charge in [-0.15, -0.1) is 34.9 Å². The first-order chi connectivity index (χ1) is 11.2. The van der Waals surface area contributed by atoms with Crippen molar-refractivity contribution < 1.29 is 9.59 Å². The topological polar surface area (TPSA) is 34.1 Å². The van der Waals surface area contributed by atoms with E-state index in [4.69, 9.17) is 0 Å². The first-order valence-electron chi connectivity index (χ1n) is 8.64. The molecule has 0 amide bonds. The molecule has 0 saturated heterocycles. The minimum atomic E-state index is 0.0713. The van der Waals surface area contributed by atoms with Crippen molar-refractivity contribution in [2.75, 3.05) is 5.75 Å². The SMILES string of the molecule is CCCCCC(=O)c1scc2c1SCC(C(=O)CCCCC)S2. The van der Waals surface area contributed by atoms with E-state index < -0.39 is 0 Å². The Balaban J connectivity index is 1.93. The van der Waals surface area contributed by atoms with Gasteiger partial charge in [0.05, 0.1) is 10.1 Å². The zero-order valence-electron chi connectivity index (χ0n) is 14.1. The zero-order valence-corrected chi connectivity index (χ0v) is 16.5. The van der Waals surface area contributed by atoms with Crippen molar-refractivity contribution in [3.05, 3.63) is 10.3 Å². The maximum Gasteiger partial charge on any atom is 0.173 e. The molecule has 1 aromatic rings. The van der Waals surface area contributed by atoms with Crippen LogP contribution in [0.4, 0.5) is 0 Å². The van der Waals surface area contributed by atoms with Crippen LogP contribution in [0.2, 0.25) is 0 Å². The first kappa shape index (κ1) is 19.1. The molecule has 0 aliphatic carbocycles. The van der Waals surface area contributed by atoms with Crippen LogP contribution >= 0.6 is 34.9 Å². The quantitative estimate of drug-likeness (QED) is 0.361. The third-order valence-electron chi connectivity index (χ3n) is 4.01. The van der Waals surface area contributed by atoms with Gasteiger partial charge in [-0.25, -0.2) is 0 Å². The predicted molar refractivity (Wildman–Crippen MR) is 102 cm³/mol. The number of hydrogen-bond acceptors (Lipinski definition) is 5. The van der Waals surface area contributed by atoms with E-state index in [1.54, 1.807) is 34.9 Å². The van der Waals surface area contributed by atoms with Crippen molar-refractivity contribution in [3.8, 4) is 0 Å². The smallest absolute Gasteiger partial charge is 0.173 e. The molecule has 5 heteroatoms. The van der Waals surface area contributed by atoms with Crippen LogP contribution < -0.4 is 0 Å². The van der Waals surface area contributed by atoms with E-state index in [1.165, 1.54) is 0 Å². The Hall–Kier alpha value is -0.260. The van der Waals surface area contributed by atoms with Gasteiger partial charge >= 0.3 is 0 Å². The summed E-state index contributed by atoms with van der Waals surface area (Å²) >= 11 is 4.95. The standard InChI is InChI=1S/C18H26O2S3/c1-3-5-7-9-13(19)15-11-22-18-16(23-15)12-21-17(18)14(20)10-8-6-4-2/h12,15H,3-11H2,1-2H3. The van der Waals surface area contributed by atoms with Gasteiger partial charge in [-0.1, -0.05) is 39.5 Å². The average Bonchev–Trinajstić information content (AvgIpc) is 2.98. The maximum absolute atomic E-state index is 12.4. The highest BCUT2D eigenvalue weighted by molar-refractivity contribution is 8.06. The molecular weight excluding hydrogens is 344 g/mol. The molecule has 2 heterocycles. The van der Waals surface area contributed by atoms with Gasteiger partial charge in [0.2, 0.25) is 0 Å². The van der Waals surface area contributed by atoms with Crippen LogP contribution in [0.1, 0.15) is 74.9 Å². The number of thiophene rings is 1. The molecule has 1 aromatic heterocycles. The van der Waals surface area contributed by atoms with Gasteiger partial charge in [0.15, 0.2) is 5.78 Å². The van der Waals surface area contributed by atoms with Gasteiger partial charge in [0, 0.05) is 33.8 Å². The second kappa shape index (κ2) is 9.90. The van der Waals surface area contributed by atoms with Crippen molar-refractivity contribution in [2.45, 2.75) is 80.3 Å². The molecule has 2 nitrogen and oxygen atoms in total. The van der Waals surface area contributed by atoms with E-state index >= 15 is 0 Å². The molecule has 1 aliphatic rings. The third kappa shape index (κ3) is 5.36. The molecule has 0 spiro atoms. The van der Waals surface area contributed by atoms with E-state index in [0.29, 0.717) is 18.6 Å². The molecule has 1 unspecified atom stereocenters. The fourth-order valence-corrected chi connectivity index (χ4v) is 6.74. The minimum Gasteiger partial charge on any atom is -0.298 e. The van der Waals surface area contributed by atoms with Gasteiger partial charge in [-0.05, 0) is 12.8 Å². The molecule has 128 valence electrons. The number of unbranched alkanes of at least 4 members (excludes halogenated alkanes) is 4. The second-order valence-corrected chi connectivity index (χ2v) is 9.13. The second-order valence-electron chi connectivity index (χ2n) is 5.98. The van der Waals surface area contributed by atoms with Gasteiger partial charge < -0.3 is 0 Å². The largest absolute Gasteiger partial charge is 0.298 e. The molecule has 0 N–H and O–H groups in total. The Morgan fingerprint density at radius 1 is 1.09 bits per heavy atom. The molecule has 2 rings (SSSR count). The fraction of sp³-hybridized carbons (Fsp3) is 0.667. The number of carbonyl (C=O) groups excluding carboxylic acids is 2. The number of Topliss-reactive ketones (excluding diaryl/α,β-unsaturated/α-hetero) is 2. The molecule has 0 radical (unpaired) electrons. The van der Waals surface area contributed by atoms with Crippen LogP contribution in [0.5, 0.6) is 0 Å². The van der Waals surface area contributed by atoms with E-state index in [-0.39, 0.29) is 11.0 Å². The lowest BCUT2D eigenvalue weighted by Gasteiger charge is -2.21. The van der Waals surface area contributed by atoms with Crippen LogP contribution in [0.15, 0.2) is 15.2 Å². The van der Waals surface area contributed by atoms with Crippen LogP contribution in [0, 0.1) is 0 Å². The van der Waals surface area contributed by atoms with E-state index in [1.807, 2.05) is 0 Å². The van der Waals surface area contributed by atoms with Crippen molar-refractivity contribution >= 4 is 46.4 Å². The summed E-state index contributed by atoms with van der Waals surface area (Å²) in [6.07, 6.45) is 7.90. The highest BCUT2D eigenvalue weighted by Crippen LogP contribution is 2.46. The van der Waals surface area contributed by atoms with Crippen LogP contribution in [-0.4, -0.2) is 22.6 Å². The van der Waals surface area contributed by atoms with E-state index in [0.717, 1.165) is 58.9 Å². The zero-order chi connectivity index (χ0) is 16.7. The van der Waals surface area contributed by atoms with Crippen molar-refractivity contribution in [2.24, 2.45) is 0 Å². The third-order valence-corrected chi connectivity index (χ3v) is 8.15. The van der Waals surface area contributed by atoms with Gasteiger partial charge in [0.1, 0.15) is 5.78 Å². The van der Waals surface area contributed by atoms with Gasteiger partial charge in [0.25, 0.3) is 0 Å². The summed E-state index contributed by atoms with van der Waals surface area (Å²) < 4.78 is 0. The lowest BCUT2D eigenvalue weighted by molar-refractivity contribution is -0.118. The summed E-state index contributed by atoms with van der Waals surface area (Å²) in [7, 11) is 0. The van der Waals surface area contributed by atoms with Crippen LogP contribution in [0.3, 0.4) is 0 Å². The number of ketones is 2. The number of rotatable bonds is 10.